The Labute approximate surface area is 199 Å². The summed E-state index contributed by atoms with van der Waals surface area (Å²) in [6.45, 7) is 1.73. The van der Waals surface area contributed by atoms with Gasteiger partial charge in [-0.25, -0.2) is 4.79 Å². The Hall–Kier alpha value is -3.48. The fourth-order valence-corrected chi connectivity index (χ4v) is 4.10. The highest BCUT2D eigenvalue weighted by atomic mass is 35.5. The van der Waals surface area contributed by atoms with Crippen molar-refractivity contribution < 1.29 is 28.6 Å². The molecule has 0 atom stereocenters. The monoisotopic (exact) mass is 486 g/mol. The molecule has 1 fully saturated rings. The van der Waals surface area contributed by atoms with Gasteiger partial charge in [-0.05, 0) is 54.1 Å². The van der Waals surface area contributed by atoms with Crippen LogP contribution in [0.5, 0.6) is 11.5 Å². The molecule has 8 nitrogen and oxygen atoms in total. The minimum Gasteiger partial charge on any atom is -0.490 e. The van der Waals surface area contributed by atoms with E-state index in [9.17, 15) is 19.6 Å². The number of amides is 2. The molecular weight excluding hydrogens is 468 g/mol. The Bertz CT molecular complexity index is 1170. The third kappa shape index (κ3) is 5.66. The van der Waals surface area contributed by atoms with Crippen LogP contribution in [0.25, 0.3) is 6.08 Å². The molecule has 0 unspecified atom stereocenters. The Kier molecular flexibility index (Phi) is 7.98. The van der Waals surface area contributed by atoms with Gasteiger partial charge in [0.25, 0.3) is 11.1 Å². The van der Waals surface area contributed by atoms with Crippen LogP contribution in [0.2, 0.25) is 5.02 Å². The summed E-state index contributed by atoms with van der Waals surface area (Å²) in [5.74, 6) is -0.605. The average molecular weight is 487 g/mol. The van der Waals surface area contributed by atoms with E-state index in [1.165, 1.54) is 19.3 Å². The zero-order chi connectivity index (χ0) is 24.0. The molecule has 3 rings (SSSR count). The third-order valence-corrected chi connectivity index (χ3v) is 5.72. The van der Waals surface area contributed by atoms with Crippen molar-refractivity contribution in [2.24, 2.45) is 0 Å². The normalized spacial score (nSPS) is 14.4. The number of hydrogen-bond donors (Lipinski definition) is 0. The molecular formula is C23H19ClN2O6S. The second-order valence-electron chi connectivity index (χ2n) is 6.66. The molecule has 2 aromatic rings. The van der Waals surface area contributed by atoms with Crippen LogP contribution in [0, 0.1) is 11.3 Å². The van der Waals surface area contributed by atoms with Gasteiger partial charge in [-0.15, -0.1) is 0 Å². The maximum absolute atomic E-state index is 12.9. The second kappa shape index (κ2) is 10.9. The molecule has 1 aliphatic heterocycles. The predicted octanol–water partition coefficient (Wildman–Crippen LogP) is 4.40. The smallest absolute Gasteiger partial charge is 0.343 e. The maximum atomic E-state index is 12.9. The number of nitriles is 1. The minimum absolute atomic E-state index is 0.00298. The van der Waals surface area contributed by atoms with E-state index >= 15 is 0 Å². The molecule has 10 heteroatoms. The van der Waals surface area contributed by atoms with E-state index in [0.29, 0.717) is 23.3 Å². The van der Waals surface area contributed by atoms with E-state index in [2.05, 4.69) is 10.8 Å². The number of carbonyl (C=O) groups is 3. The van der Waals surface area contributed by atoms with Gasteiger partial charge in [-0.2, -0.15) is 5.26 Å². The van der Waals surface area contributed by atoms with E-state index in [4.69, 9.17) is 21.1 Å². The first kappa shape index (κ1) is 24.2. The summed E-state index contributed by atoms with van der Waals surface area (Å²) in [4.78, 5) is 38.1. The van der Waals surface area contributed by atoms with Gasteiger partial charge in [-0.1, -0.05) is 29.8 Å². The molecule has 170 valence electrons. The molecule has 2 amide bonds. The first-order valence-corrected chi connectivity index (χ1v) is 11.0. The van der Waals surface area contributed by atoms with Crippen LogP contribution in [0.3, 0.4) is 0 Å². The number of halogens is 1. The molecule has 0 aliphatic carbocycles. The second-order valence-corrected chi connectivity index (χ2v) is 8.07. The summed E-state index contributed by atoms with van der Waals surface area (Å²) in [6.07, 6.45) is 1.53. The minimum atomic E-state index is -0.579. The van der Waals surface area contributed by atoms with Gasteiger partial charge >= 0.3 is 5.97 Å². The van der Waals surface area contributed by atoms with Crippen molar-refractivity contribution in [2.45, 2.75) is 13.5 Å². The molecule has 0 bridgehead atoms. The van der Waals surface area contributed by atoms with Gasteiger partial charge in [0.1, 0.15) is 0 Å². The van der Waals surface area contributed by atoms with Crippen LogP contribution in [-0.2, 0) is 20.9 Å². The van der Waals surface area contributed by atoms with Crippen LogP contribution >= 0.6 is 23.4 Å². The Morgan fingerprint density at radius 3 is 2.70 bits per heavy atom. The number of hydrogen-bond acceptors (Lipinski definition) is 8. The Morgan fingerprint density at radius 2 is 2.00 bits per heavy atom. The number of imide groups is 1. The van der Waals surface area contributed by atoms with Crippen LogP contribution in [-0.4, -0.2) is 42.3 Å². The van der Waals surface area contributed by atoms with Crippen molar-refractivity contribution in [3.05, 3.63) is 63.0 Å². The molecule has 0 aromatic heterocycles. The van der Waals surface area contributed by atoms with Crippen molar-refractivity contribution in [2.75, 3.05) is 20.3 Å². The first-order chi connectivity index (χ1) is 15.9. The molecule has 1 aliphatic rings. The zero-order valence-electron chi connectivity index (χ0n) is 17.8. The maximum Gasteiger partial charge on any atom is 0.343 e. The van der Waals surface area contributed by atoms with Gasteiger partial charge in [0.15, 0.2) is 18.1 Å². The topological polar surface area (TPSA) is 106 Å². The fourth-order valence-electron chi connectivity index (χ4n) is 2.99. The first-order valence-electron chi connectivity index (χ1n) is 9.77. The van der Waals surface area contributed by atoms with E-state index in [0.717, 1.165) is 16.7 Å². The largest absolute Gasteiger partial charge is 0.490 e. The Morgan fingerprint density at radius 1 is 1.24 bits per heavy atom. The van der Waals surface area contributed by atoms with E-state index < -0.39 is 17.1 Å². The van der Waals surface area contributed by atoms with Crippen LogP contribution in [0.15, 0.2) is 41.3 Å². The van der Waals surface area contributed by atoms with Gasteiger partial charge in [0.2, 0.25) is 0 Å². The molecule has 1 saturated heterocycles. The molecule has 0 N–H and O–H groups in total. The quantitative estimate of drug-likeness (QED) is 0.399. The van der Waals surface area contributed by atoms with Crippen molar-refractivity contribution >= 4 is 46.6 Å². The standard InChI is InChI=1S/C23H19ClN2O6S/c1-3-31-18-9-14(8-17(24)21(18)32-13-20(27)30-2)10-19-22(28)26(23(29)33-19)12-16-7-5-4-6-15(16)11-25/h4-10H,3,12-13H2,1-2H3/b19-10-. The summed E-state index contributed by atoms with van der Waals surface area (Å²) >= 11 is 7.13. The summed E-state index contributed by atoms with van der Waals surface area (Å²) in [6, 6.07) is 12.0. The molecule has 0 spiro atoms. The summed E-state index contributed by atoms with van der Waals surface area (Å²) in [5.41, 5.74) is 1.49. The average Bonchev–Trinajstić information content (AvgIpc) is 3.06. The van der Waals surface area contributed by atoms with Crippen LogP contribution < -0.4 is 9.47 Å². The molecule has 1 heterocycles. The van der Waals surface area contributed by atoms with Gasteiger partial charge in [0, 0.05) is 0 Å². The molecule has 0 radical (unpaired) electrons. The molecule has 2 aromatic carbocycles. The summed E-state index contributed by atoms with van der Waals surface area (Å²) in [7, 11) is 1.24. The highest BCUT2D eigenvalue weighted by Gasteiger charge is 2.35. The van der Waals surface area contributed by atoms with Gasteiger partial charge in [-0.3, -0.25) is 14.5 Å². The summed E-state index contributed by atoms with van der Waals surface area (Å²) in [5, 5.41) is 8.98. The number of benzene rings is 2. The number of ether oxygens (including phenoxy) is 3. The lowest BCUT2D eigenvalue weighted by atomic mass is 10.1. The van der Waals surface area contributed by atoms with E-state index in [-0.39, 0.29) is 34.6 Å². The number of thioether (sulfide) groups is 1. The van der Waals surface area contributed by atoms with E-state index in [1.807, 2.05) is 0 Å². The number of carbonyl (C=O) groups excluding carboxylic acids is 3. The van der Waals surface area contributed by atoms with Crippen molar-refractivity contribution in [1.82, 2.24) is 4.90 Å². The lowest BCUT2D eigenvalue weighted by Gasteiger charge is -2.14. The lowest BCUT2D eigenvalue weighted by molar-refractivity contribution is -0.142. The highest BCUT2D eigenvalue weighted by molar-refractivity contribution is 8.18. The third-order valence-electron chi connectivity index (χ3n) is 4.53. The highest BCUT2D eigenvalue weighted by Crippen LogP contribution is 2.39. The number of nitrogens with zero attached hydrogens (tertiary/aromatic N) is 2. The zero-order valence-corrected chi connectivity index (χ0v) is 19.4. The van der Waals surface area contributed by atoms with Crippen LogP contribution in [0.4, 0.5) is 4.79 Å². The van der Waals surface area contributed by atoms with Crippen molar-refractivity contribution in [3.63, 3.8) is 0 Å². The van der Waals surface area contributed by atoms with Gasteiger partial charge < -0.3 is 14.2 Å². The number of methoxy groups -OCH3 is 1. The number of esters is 1. The summed E-state index contributed by atoms with van der Waals surface area (Å²) < 4.78 is 15.6. The van der Waals surface area contributed by atoms with Crippen molar-refractivity contribution in [1.29, 1.82) is 5.26 Å². The Balaban J connectivity index is 1.86. The van der Waals surface area contributed by atoms with Crippen LogP contribution in [0.1, 0.15) is 23.6 Å². The molecule has 33 heavy (non-hydrogen) atoms. The van der Waals surface area contributed by atoms with E-state index in [1.54, 1.807) is 37.3 Å². The molecule has 0 saturated carbocycles. The fraction of sp³-hybridized carbons (Fsp3) is 0.217. The van der Waals surface area contributed by atoms with Gasteiger partial charge in [0.05, 0.1) is 41.8 Å². The number of rotatable bonds is 8. The lowest BCUT2D eigenvalue weighted by Crippen LogP contribution is -2.27. The predicted molar refractivity (Wildman–Crippen MR) is 123 cm³/mol. The van der Waals surface area contributed by atoms with Crippen molar-refractivity contribution in [3.8, 4) is 17.6 Å². The SMILES string of the molecule is CCOc1cc(/C=C2\SC(=O)N(Cc3ccccc3C#N)C2=O)cc(Cl)c1OCC(=O)OC.